The molecule has 0 radical (unpaired) electrons. The molecule has 164 valence electrons. The van der Waals surface area contributed by atoms with Crippen LogP contribution < -0.4 is 10.1 Å². The van der Waals surface area contributed by atoms with E-state index >= 15 is 0 Å². The second-order valence-corrected chi connectivity index (χ2v) is 8.48. The van der Waals surface area contributed by atoms with Crippen molar-refractivity contribution in [1.82, 2.24) is 19.9 Å². The highest BCUT2D eigenvalue weighted by Gasteiger charge is 2.13. The molecular weight excluding hydrogens is 420 g/mol. The molecule has 0 saturated carbocycles. The van der Waals surface area contributed by atoms with E-state index in [9.17, 15) is 4.79 Å². The highest BCUT2D eigenvalue weighted by atomic mass is 32.2. The number of amides is 1. The fraction of sp³-hybridized carbons (Fsp3) is 0.240. The van der Waals surface area contributed by atoms with E-state index in [1.807, 2.05) is 61.7 Å². The molecule has 1 amide bonds. The first-order chi connectivity index (χ1) is 15.6. The van der Waals surface area contributed by atoms with Crippen molar-refractivity contribution in [2.75, 3.05) is 19.4 Å². The van der Waals surface area contributed by atoms with E-state index in [1.165, 1.54) is 17.3 Å². The molecule has 4 aromatic rings. The second-order valence-electron chi connectivity index (χ2n) is 7.49. The minimum Gasteiger partial charge on any atom is -0.497 e. The smallest absolute Gasteiger partial charge is 0.230 e. The third-order valence-corrected chi connectivity index (χ3v) is 6.12. The van der Waals surface area contributed by atoms with Crippen LogP contribution in [0.5, 0.6) is 5.75 Å². The standard InChI is InChI=1S/C25H26N4O2S/c1-18-15-24(32-17-23(30)26-14-6-9-19-7-4-3-5-8-19)29-25(28-18)22(16-27-29)20-10-12-21(31-2)13-11-20/h3-5,7-8,10-13,15-16H,6,9,14,17H2,1-2H3,(H,26,30). The maximum Gasteiger partial charge on any atom is 0.230 e. The number of carbonyl (C=O) groups excluding carboxylic acids is 1. The quantitative estimate of drug-likeness (QED) is 0.232. The predicted octanol–water partition coefficient (Wildman–Crippen LogP) is 4.55. The normalized spacial score (nSPS) is 10.9. The average Bonchev–Trinajstić information content (AvgIpc) is 3.25. The van der Waals surface area contributed by atoms with Gasteiger partial charge in [-0.25, -0.2) is 9.50 Å². The fourth-order valence-corrected chi connectivity index (χ4v) is 4.37. The van der Waals surface area contributed by atoms with Gasteiger partial charge in [-0.15, -0.1) is 0 Å². The summed E-state index contributed by atoms with van der Waals surface area (Å²) in [6, 6.07) is 20.1. The maximum absolute atomic E-state index is 12.3. The van der Waals surface area contributed by atoms with Crippen molar-refractivity contribution in [3.63, 3.8) is 0 Å². The van der Waals surface area contributed by atoms with Crippen molar-refractivity contribution >= 4 is 23.3 Å². The third kappa shape index (κ3) is 5.29. The van der Waals surface area contributed by atoms with E-state index in [0.717, 1.165) is 46.1 Å². The summed E-state index contributed by atoms with van der Waals surface area (Å²) < 4.78 is 7.05. The summed E-state index contributed by atoms with van der Waals surface area (Å²) in [4.78, 5) is 17.0. The van der Waals surface area contributed by atoms with E-state index in [0.29, 0.717) is 12.3 Å². The fourth-order valence-electron chi connectivity index (χ4n) is 3.48. The highest BCUT2D eigenvalue weighted by molar-refractivity contribution is 7.99. The summed E-state index contributed by atoms with van der Waals surface area (Å²) >= 11 is 1.47. The molecule has 2 aromatic carbocycles. The zero-order chi connectivity index (χ0) is 22.3. The molecular formula is C25H26N4O2S. The zero-order valence-electron chi connectivity index (χ0n) is 18.2. The lowest BCUT2D eigenvalue weighted by atomic mass is 10.1. The van der Waals surface area contributed by atoms with Gasteiger partial charge in [0.2, 0.25) is 5.91 Å². The Labute approximate surface area is 192 Å². The zero-order valence-corrected chi connectivity index (χ0v) is 19.1. The molecule has 0 aliphatic rings. The number of thioether (sulfide) groups is 1. The third-order valence-electron chi connectivity index (χ3n) is 5.13. The maximum atomic E-state index is 12.3. The molecule has 0 saturated heterocycles. The Morgan fingerprint density at radius 3 is 2.66 bits per heavy atom. The Morgan fingerprint density at radius 2 is 1.91 bits per heavy atom. The van der Waals surface area contributed by atoms with Gasteiger partial charge < -0.3 is 10.1 Å². The number of nitrogens with zero attached hydrogens (tertiary/aromatic N) is 3. The Kier molecular flexibility index (Phi) is 7.07. The van der Waals surface area contributed by atoms with Crippen LogP contribution in [0.15, 0.2) is 71.9 Å². The van der Waals surface area contributed by atoms with Crippen molar-refractivity contribution < 1.29 is 9.53 Å². The Morgan fingerprint density at radius 1 is 1.12 bits per heavy atom. The molecule has 0 aliphatic carbocycles. The molecule has 0 bridgehead atoms. The first-order valence-electron chi connectivity index (χ1n) is 10.6. The summed E-state index contributed by atoms with van der Waals surface area (Å²) in [5.41, 5.74) is 4.92. The molecule has 0 unspecified atom stereocenters. The molecule has 2 aromatic heterocycles. The van der Waals surface area contributed by atoms with Gasteiger partial charge in [-0.3, -0.25) is 4.79 Å². The number of methoxy groups -OCH3 is 1. The van der Waals surface area contributed by atoms with Gasteiger partial charge >= 0.3 is 0 Å². The molecule has 32 heavy (non-hydrogen) atoms. The summed E-state index contributed by atoms with van der Waals surface area (Å²) in [5.74, 6) is 1.16. The lowest BCUT2D eigenvalue weighted by Gasteiger charge is -2.08. The van der Waals surface area contributed by atoms with Gasteiger partial charge in [0, 0.05) is 17.8 Å². The Bertz CT molecular complexity index is 1190. The molecule has 0 atom stereocenters. The van der Waals surface area contributed by atoms with Crippen LogP contribution in [-0.4, -0.2) is 39.9 Å². The van der Waals surface area contributed by atoms with E-state index in [-0.39, 0.29) is 5.91 Å². The van der Waals surface area contributed by atoms with E-state index in [4.69, 9.17) is 4.74 Å². The highest BCUT2D eigenvalue weighted by Crippen LogP contribution is 2.28. The van der Waals surface area contributed by atoms with Crippen LogP contribution in [0.3, 0.4) is 0 Å². The number of benzene rings is 2. The lowest BCUT2D eigenvalue weighted by Crippen LogP contribution is -2.26. The number of aryl methyl sites for hydroxylation is 2. The Hall–Kier alpha value is -3.32. The van der Waals surface area contributed by atoms with Crippen LogP contribution in [-0.2, 0) is 11.2 Å². The summed E-state index contributed by atoms with van der Waals surface area (Å²) in [5, 5.41) is 8.44. The van der Waals surface area contributed by atoms with Crippen LogP contribution in [0.25, 0.3) is 16.8 Å². The van der Waals surface area contributed by atoms with Gasteiger partial charge in [0.05, 0.1) is 19.1 Å². The molecule has 1 N–H and O–H groups in total. The Balaban J connectivity index is 1.38. The van der Waals surface area contributed by atoms with Gasteiger partial charge in [0.25, 0.3) is 0 Å². The minimum atomic E-state index is 0.0215. The monoisotopic (exact) mass is 446 g/mol. The summed E-state index contributed by atoms with van der Waals surface area (Å²) in [7, 11) is 1.65. The molecule has 0 spiro atoms. The first-order valence-corrected chi connectivity index (χ1v) is 11.6. The molecule has 0 fully saturated rings. The number of hydrogen-bond donors (Lipinski definition) is 1. The van der Waals surface area contributed by atoms with Gasteiger partial charge in [-0.2, -0.15) is 5.10 Å². The van der Waals surface area contributed by atoms with Crippen LogP contribution in [0.2, 0.25) is 0 Å². The van der Waals surface area contributed by atoms with Gasteiger partial charge in [0.15, 0.2) is 5.65 Å². The van der Waals surface area contributed by atoms with Crippen molar-refractivity contribution in [1.29, 1.82) is 0 Å². The first kappa shape index (κ1) is 21.9. The van der Waals surface area contributed by atoms with Crippen molar-refractivity contribution in [2.45, 2.75) is 24.8 Å². The van der Waals surface area contributed by atoms with E-state index < -0.39 is 0 Å². The largest absolute Gasteiger partial charge is 0.497 e. The van der Waals surface area contributed by atoms with Crippen LogP contribution in [0.4, 0.5) is 0 Å². The van der Waals surface area contributed by atoms with Gasteiger partial charge in [0.1, 0.15) is 10.8 Å². The number of rotatable bonds is 9. The summed E-state index contributed by atoms with van der Waals surface area (Å²) in [6.45, 7) is 2.63. The van der Waals surface area contributed by atoms with Gasteiger partial charge in [-0.05, 0) is 49.1 Å². The molecule has 0 aliphatic heterocycles. The number of aromatic nitrogens is 3. The average molecular weight is 447 g/mol. The van der Waals surface area contributed by atoms with Crippen molar-refractivity contribution in [3.8, 4) is 16.9 Å². The number of hydrogen-bond acceptors (Lipinski definition) is 5. The van der Waals surface area contributed by atoms with Crippen LogP contribution in [0, 0.1) is 6.92 Å². The molecule has 7 heteroatoms. The van der Waals surface area contributed by atoms with Crippen molar-refractivity contribution in [2.24, 2.45) is 0 Å². The number of nitrogens with one attached hydrogen (secondary N) is 1. The molecule has 6 nitrogen and oxygen atoms in total. The number of fused-ring (bicyclic) bond motifs is 1. The number of ether oxygens (including phenoxy) is 1. The van der Waals surface area contributed by atoms with Crippen LogP contribution >= 0.6 is 11.8 Å². The van der Waals surface area contributed by atoms with Crippen LogP contribution in [0.1, 0.15) is 17.7 Å². The SMILES string of the molecule is COc1ccc(-c2cnn3c(SCC(=O)NCCCc4ccccc4)cc(C)nc23)cc1. The number of carbonyl (C=O) groups is 1. The predicted molar refractivity (Wildman–Crippen MR) is 128 cm³/mol. The van der Waals surface area contributed by atoms with Gasteiger partial charge in [-0.1, -0.05) is 54.2 Å². The van der Waals surface area contributed by atoms with E-state index in [1.54, 1.807) is 11.6 Å². The lowest BCUT2D eigenvalue weighted by molar-refractivity contribution is -0.118. The van der Waals surface area contributed by atoms with E-state index in [2.05, 4.69) is 27.5 Å². The summed E-state index contributed by atoms with van der Waals surface area (Å²) in [6.07, 6.45) is 3.70. The topological polar surface area (TPSA) is 68.5 Å². The second kappa shape index (κ2) is 10.3. The minimum absolute atomic E-state index is 0.0215. The molecule has 4 rings (SSSR count). The van der Waals surface area contributed by atoms with Crippen molar-refractivity contribution in [3.05, 3.63) is 78.1 Å². The molecule has 2 heterocycles.